The van der Waals surface area contributed by atoms with Crippen molar-refractivity contribution >= 4 is 28.9 Å². The number of imidazole rings is 1. The molecule has 10 heteroatoms. The molecule has 146 valence electrons. The predicted octanol–water partition coefficient (Wildman–Crippen LogP) is 1.94. The second-order valence-electron chi connectivity index (χ2n) is 5.66. The molecule has 10 nitrogen and oxygen atoms in total. The third-order valence-corrected chi connectivity index (χ3v) is 3.82. The number of H-pyrrole nitrogens is 1. The summed E-state index contributed by atoms with van der Waals surface area (Å²) in [5.41, 5.74) is 1.13. The first-order chi connectivity index (χ1) is 13.5. The minimum atomic E-state index is -1.06. The summed E-state index contributed by atoms with van der Waals surface area (Å²) < 4.78 is 15.9. The van der Waals surface area contributed by atoms with E-state index in [2.05, 4.69) is 25.3 Å². The predicted molar refractivity (Wildman–Crippen MR) is 99.4 cm³/mol. The summed E-state index contributed by atoms with van der Waals surface area (Å²) in [7, 11) is 1.47. The molecule has 0 saturated carbocycles. The Morgan fingerprint density at radius 2 is 2.04 bits per heavy atom. The van der Waals surface area contributed by atoms with E-state index in [0.717, 1.165) is 0 Å². The van der Waals surface area contributed by atoms with Gasteiger partial charge in [0.05, 0.1) is 25.6 Å². The van der Waals surface area contributed by atoms with Crippen LogP contribution in [0.2, 0.25) is 0 Å². The largest absolute Gasteiger partial charge is 0.493 e. The molecule has 0 bridgehead atoms. The Balaban J connectivity index is 1.68. The molecular weight excluding hydrogens is 366 g/mol. The molecule has 1 unspecified atom stereocenters. The Morgan fingerprint density at radius 1 is 1.21 bits per heavy atom. The van der Waals surface area contributed by atoms with Crippen molar-refractivity contribution in [1.29, 1.82) is 0 Å². The second-order valence-corrected chi connectivity index (χ2v) is 5.66. The van der Waals surface area contributed by atoms with Gasteiger partial charge >= 0.3 is 5.97 Å². The molecule has 1 atom stereocenters. The number of anilines is 1. The number of esters is 1. The van der Waals surface area contributed by atoms with E-state index in [4.69, 9.17) is 14.2 Å². The number of hydrogen-bond donors (Lipinski definition) is 2. The van der Waals surface area contributed by atoms with Crippen LogP contribution in [0.15, 0.2) is 30.9 Å². The van der Waals surface area contributed by atoms with E-state index in [1.165, 1.54) is 32.8 Å². The van der Waals surface area contributed by atoms with Gasteiger partial charge in [-0.2, -0.15) is 0 Å². The van der Waals surface area contributed by atoms with Gasteiger partial charge in [-0.3, -0.25) is 4.79 Å². The van der Waals surface area contributed by atoms with Gasteiger partial charge in [0.25, 0.3) is 5.91 Å². The molecular formula is C18H19N5O5. The van der Waals surface area contributed by atoms with Crippen LogP contribution in [0.3, 0.4) is 0 Å². The number of fused-ring (bicyclic) bond motifs is 1. The number of aromatic nitrogens is 4. The zero-order chi connectivity index (χ0) is 20.1. The standard InChI is InChI=1S/C18H19N5O5/c1-4-27-12-6-5-11(7-13(12)26-3)18(25)28-10(2)17(24)23-16-14-15(20-8-19-14)21-9-22-16/h5-10H,4H2,1-3H3,(H2,19,20,21,22,23,24). The highest BCUT2D eigenvalue weighted by molar-refractivity contribution is 6.00. The molecule has 3 rings (SSSR count). The number of hydrogen-bond acceptors (Lipinski definition) is 8. The lowest BCUT2D eigenvalue weighted by molar-refractivity contribution is -0.123. The fourth-order valence-corrected chi connectivity index (χ4v) is 2.43. The molecule has 2 heterocycles. The number of aromatic amines is 1. The normalized spacial score (nSPS) is 11.7. The maximum atomic E-state index is 12.4. The van der Waals surface area contributed by atoms with Gasteiger partial charge in [0.1, 0.15) is 11.8 Å². The molecule has 1 amide bonds. The average molecular weight is 385 g/mol. The average Bonchev–Trinajstić information content (AvgIpc) is 3.18. The molecule has 0 spiro atoms. The lowest BCUT2D eigenvalue weighted by Crippen LogP contribution is -2.30. The van der Waals surface area contributed by atoms with Crippen molar-refractivity contribution in [2.24, 2.45) is 0 Å². The van der Waals surface area contributed by atoms with Crippen LogP contribution < -0.4 is 14.8 Å². The molecule has 1 aromatic carbocycles. The molecule has 28 heavy (non-hydrogen) atoms. The maximum Gasteiger partial charge on any atom is 0.339 e. The smallest absolute Gasteiger partial charge is 0.339 e. The fourth-order valence-electron chi connectivity index (χ4n) is 2.43. The van der Waals surface area contributed by atoms with Crippen LogP contribution in [0.4, 0.5) is 5.82 Å². The number of rotatable bonds is 7. The Hall–Kier alpha value is -3.69. The summed E-state index contributed by atoms with van der Waals surface area (Å²) in [5, 5.41) is 2.59. The first-order valence-corrected chi connectivity index (χ1v) is 8.50. The Kier molecular flexibility index (Phi) is 5.68. The summed E-state index contributed by atoms with van der Waals surface area (Å²) in [4.78, 5) is 39.6. The summed E-state index contributed by atoms with van der Waals surface area (Å²) in [6, 6.07) is 4.65. The van der Waals surface area contributed by atoms with Gasteiger partial charge < -0.3 is 24.5 Å². The minimum Gasteiger partial charge on any atom is -0.493 e. The lowest BCUT2D eigenvalue weighted by atomic mass is 10.2. The molecule has 3 aromatic rings. The van der Waals surface area contributed by atoms with Gasteiger partial charge in [-0.05, 0) is 32.0 Å². The van der Waals surface area contributed by atoms with Gasteiger partial charge in [0.15, 0.2) is 29.1 Å². The third kappa shape index (κ3) is 4.00. The van der Waals surface area contributed by atoms with Gasteiger partial charge in [-0.15, -0.1) is 0 Å². The monoisotopic (exact) mass is 385 g/mol. The van der Waals surface area contributed by atoms with E-state index in [1.54, 1.807) is 12.1 Å². The van der Waals surface area contributed by atoms with Crippen LogP contribution in [0, 0.1) is 0 Å². The van der Waals surface area contributed by atoms with Crippen molar-refractivity contribution in [3.63, 3.8) is 0 Å². The van der Waals surface area contributed by atoms with Gasteiger partial charge in [-0.25, -0.2) is 19.7 Å². The first kappa shape index (κ1) is 19.1. The minimum absolute atomic E-state index is 0.234. The summed E-state index contributed by atoms with van der Waals surface area (Å²) in [6.45, 7) is 3.77. The van der Waals surface area contributed by atoms with Crippen LogP contribution in [-0.2, 0) is 9.53 Å². The number of nitrogens with one attached hydrogen (secondary N) is 2. The van der Waals surface area contributed by atoms with Crippen molar-refractivity contribution in [2.75, 3.05) is 19.0 Å². The number of ether oxygens (including phenoxy) is 3. The van der Waals surface area contributed by atoms with E-state index in [-0.39, 0.29) is 11.4 Å². The lowest BCUT2D eigenvalue weighted by Gasteiger charge is -2.14. The molecule has 2 N–H and O–H groups in total. The summed E-state index contributed by atoms with van der Waals surface area (Å²) >= 11 is 0. The Bertz CT molecular complexity index is 1000. The number of methoxy groups -OCH3 is 1. The van der Waals surface area contributed by atoms with E-state index in [0.29, 0.717) is 29.3 Å². The van der Waals surface area contributed by atoms with Crippen molar-refractivity contribution in [1.82, 2.24) is 19.9 Å². The van der Waals surface area contributed by atoms with Crippen molar-refractivity contribution in [2.45, 2.75) is 20.0 Å². The molecule has 0 aliphatic heterocycles. The van der Waals surface area contributed by atoms with E-state index >= 15 is 0 Å². The van der Waals surface area contributed by atoms with E-state index in [1.807, 2.05) is 6.92 Å². The summed E-state index contributed by atoms with van der Waals surface area (Å²) in [6.07, 6.45) is 1.66. The van der Waals surface area contributed by atoms with Crippen molar-refractivity contribution < 1.29 is 23.8 Å². The zero-order valence-electron chi connectivity index (χ0n) is 15.6. The second kappa shape index (κ2) is 8.33. The number of amides is 1. The number of carbonyl (C=O) groups excluding carboxylic acids is 2. The number of nitrogens with zero attached hydrogens (tertiary/aromatic N) is 3. The summed E-state index contributed by atoms with van der Waals surface area (Å²) in [5.74, 6) is -0.0481. The zero-order valence-corrected chi connectivity index (χ0v) is 15.6. The van der Waals surface area contributed by atoms with E-state index in [9.17, 15) is 9.59 Å². The number of carbonyl (C=O) groups is 2. The van der Waals surface area contributed by atoms with Crippen molar-refractivity contribution in [3.8, 4) is 11.5 Å². The van der Waals surface area contributed by atoms with Gasteiger partial charge in [-0.1, -0.05) is 0 Å². The molecule has 0 radical (unpaired) electrons. The van der Waals surface area contributed by atoms with Crippen LogP contribution in [0.25, 0.3) is 11.2 Å². The molecule has 0 aliphatic rings. The topological polar surface area (TPSA) is 128 Å². The fraction of sp³-hybridized carbons (Fsp3) is 0.278. The Morgan fingerprint density at radius 3 is 2.79 bits per heavy atom. The Labute approximate surface area is 160 Å². The highest BCUT2D eigenvalue weighted by Crippen LogP contribution is 2.28. The highest BCUT2D eigenvalue weighted by atomic mass is 16.5. The van der Waals surface area contributed by atoms with Gasteiger partial charge in [0, 0.05) is 0 Å². The van der Waals surface area contributed by atoms with E-state index < -0.39 is 18.0 Å². The number of benzene rings is 1. The van der Waals surface area contributed by atoms with Crippen LogP contribution >= 0.6 is 0 Å². The molecule has 0 aliphatic carbocycles. The van der Waals surface area contributed by atoms with Crippen LogP contribution in [0.1, 0.15) is 24.2 Å². The maximum absolute atomic E-state index is 12.4. The first-order valence-electron chi connectivity index (χ1n) is 8.50. The molecule has 0 fully saturated rings. The van der Waals surface area contributed by atoms with Crippen LogP contribution in [-0.4, -0.2) is 51.6 Å². The van der Waals surface area contributed by atoms with Crippen molar-refractivity contribution in [3.05, 3.63) is 36.4 Å². The molecule has 0 saturated heterocycles. The third-order valence-electron chi connectivity index (χ3n) is 3.82. The molecule has 2 aromatic heterocycles. The quantitative estimate of drug-likeness (QED) is 0.591. The van der Waals surface area contributed by atoms with Gasteiger partial charge in [0.2, 0.25) is 0 Å². The van der Waals surface area contributed by atoms with Crippen LogP contribution in [0.5, 0.6) is 11.5 Å². The highest BCUT2D eigenvalue weighted by Gasteiger charge is 2.21. The SMILES string of the molecule is CCOc1ccc(C(=O)OC(C)C(=O)Nc2ncnc3nc[nH]c23)cc1OC.